The van der Waals surface area contributed by atoms with E-state index in [1.54, 1.807) is 0 Å². The quantitative estimate of drug-likeness (QED) is 0.854. The first-order chi connectivity index (χ1) is 12.1. The summed E-state index contributed by atoms with van der Waals surface area (Å²) < 4.78 is 0. The van der Waals surface area contributed by atoms with E-state index in [2.05, 4.69) is 12.2 Å². The number of rotatable bonds is 5. The second-order valence-electron chi connectivity index (χ2n) is 6.56. The molecule has 2 aromatic carbocycles. The van der Waals surface area contributed by atoms with Gasteiger partial charge in [0.15, 0.2) is 5.78 Å². The molecule has 1 saturated heterocycles. The van der Waals surface area contributed by atoms with Crippen molar-refractivity contribution in [2.24, 2.45) is 0 Å². The lowest BCUT2D eigenvalue weighted by Crippen LogP contribution is -2.51. The normalized spacial score (nSPS) is 17.3. The van der Waals surface area contributed by atoms with Crippen LogP contribution in [0.15, 0.2) is 54.6 Å². The van der Waals surface area contributed by atoms with E-state index in [9.17, 15) is 9.59 Å². The highest BCUT2D eigenvalue weighted by molar-refractivity contribution is 5.98. The Hall–Kier alpha value is -2.46. The second-order valence-corrected chi connectivity index (χ2v) is 6.56. The van der Waals surface area contributed by atoms with E-state index in [-0.39, 0.29) is 24.5 Å². The molecule has 0 aromatic heterocycles. The van der Waals surface area contributed by atoms with Gasteiger partial charge in [-0.2, -0.15) is 0 Å². The summed E-state index contributed by atoms with van der Waals surface area (Å²) in [6.45, 7) is 4.34. The molecule has 2 aromatic rings. The molecule has 1 amide bonds. The number of nitrogens with one attached hydrogen (secondary N) is 1. The number of hydrogen-bond acceptors (Lipinski definition) is 3. The molecule has 4 nitrogen and oxygen atoms in total. The van der Waals surface area contributed by atoms with Crippen LogP contribution in [0.4, 0.5) is 0 Å². The second kappa shape index (κ2) is 8.08. The summed E-state index contributed by atoms with van der Waals surface area (Å²) in [6, 6.07) is 18.0. The molecule has 1 aliphatic rings. The molecule has 130 valence electrons. The van der Waals surface area contributed by atoms with E-state index in [4.69, 9.17) is 0 Å². The smallest absolute Gasteiger partial charge is 0.223 e. The van der Waals surface area contributed by atoms with Gasteiger partial charge in [-0.25, -0.2) is 0 Å². The Balaban J connectivity index is 1.55. The van der Waals surface area contributed by atoms with Crippen LogP contribution >= 0.6 is 0 Å². The molecule has 1 N–H and O–H groups in total. The molecule has 1 heterocycles. The molecule has 4 heteroatoms. The molecule has 1 aliphatic heterocycles. The Kier molecular flexibility index (Phi) is 5.61. The average Bonchev–Trinajstić information content (AvgIpc) is 2.66. The number of nitrogens with zero attached hydrogens (tertiary/aromatic N) is 1. The number of carbonyl (C=O) groups excluding carboxylic acids is 2. The van der Waals surface area contributed by atoms with E-state index in [1.165, 1.54) is 0 Å². The highest BCUT2D eigenvalue weighted by Gasteiger charge is 2.21. The van der Waals surface area contributed by atoms with Gasteiger partial charge in [-0.05, 0) is 18.1 Å². The van der Waals surface area contributed by atoms with Crippen LogP contribution in [-0.4, -0.2) is 42.3 Å². The number of piperazine rings is 1. The van der Waals surface area contributed by atoms with E-state index in [1.807, 2.05) is 59.5 Å². The Labute approximate surface area is 148 Å². The van der Waals surface area contributed by atoms with Crippen molar-refractivity contribution in [1.82, 2.24) is 10.2 Å². The van der Waals surface area contributed by atoms with Gasteiger partial charge in [0, 0.05) is 44.1 Å². The summed E-state index contributed by atoms with van der Waals surface area (Å²) in [5, 5.41) is 3.32. The minimum atomic E-state index is 0.0242. The van der Waals surface area contributed by atoms with Gasteiger partial charge in [-0.1, -0.05) is 54.6 Å². The fourth-order valence-electron chi connectivity index (χ4n) is 3.16. The SMILES string of the molecule is CC1CN(C(=O)CCC(=O)c2ccc(-c3ccccc3)cc2)CCN1. The third-order valence-electron chi connectivity index (χ3n) is 4.60. The summed E-state index contributed by atoms with van der Waals surface area (Å²) in [5.74, 6) is 0.0961. The van der Waals surface area contributed by atoms with Crippen LogP contribution in [-0.2, 0) is 4.79 Å². The van der Waals surface area contributed by atoms with Gasteiger partial charge in [-0.15, -0.1) is 0 Å². The number of ketones is 1. The Morgan fingerprint density at radius 3 is 2.36 bits per heavy atom. The minimum Gasteiger partial charge on any atom is -0.340 e. The van der Waals surface area contributed by atoms with Gasteiger partial charge < -0.3 is 10.2 Å². The molecule has 25 heavy (non-hydrogen) atoms. The van der Waals surface area contributed by atoms with Crippen molar-refractivity contribution in [2.75, 3.05) is 19.6 Å². The van der Waals surface area contributed by atoms with E-state index >= 15 is 0 Å². The number of amides is 1. The molecule has 1 fully saturated rings. The highest BCUT2D eigenvalue weighted by atomic mass is 16.2. The van der Waals surface area contributed by atoms with Crippen LogP contribution in [0.3, 0.4) is 0 Å². The molecule has 0 saturated carbocycles. The van der Waals surface area contributed by atoms with Gasteiger partial charge in [-0.3, -0.25) is 9.59 Å². The van der Waals surface area contributed by atoms with Gasteiger partial charge in [0.25, 0.3) is 0 Å². The highest BCUT2D eigenvalue weighted by Crippen LogP contribution is 2.20. The first-order valence-electron chi connectivity index (χ1n) is 8.83. The predicted octanol–water partition coefficient (Wildman–Crippen LogP) is 3.14. The number of carbonyl (C=O) groups is 2. The maximum atomic E-state index is 12.4. The largest absolute Gasteiger partial charge is 0.340 e. The van der Waals surface area contributed by atoms with E-state index in [0.29, 0.717) is 11.6 Å². The monoisotopic (exact) mass is 336 g/mol. The first kappa shape index (κ1) is 17.4. The zero-order valence-electron chi connectivity index (χ0n) is 14.6. The van der Waals surface area contributed by atoms with E-state index in [0.717, 1.165) is 30.8 Å². The van der Waals surface area contributed by atoms with Crippen molar-refractivity contribution in [1.29, 1.82) is 0 Å². The van der Waals surface area contributed by atoms with Crippen LogP contribution in [0.1, 0.15) is 30.1 Å². The lowest BCUT2D eigenvalue weighted by atomic mass is 10.0. The Morgan fingerprint density at radius 1 is 1.00 bits per heavy atom. The summed E-state index contributed by atoms with van der Waals surface area (Å²) in [6.07, 6.45) is 0.549. The molecule has 0 bridgehead atoms. The standard InChI is InChI=1S/C21H24N2O2/c1-16-15-23(14-13-22-16)21(25)12-11-20(24)19-9-7-18(8-10-19)17-5-3-2-4-6-17/h2-10,16,22H,11-15H2,1H3. The fraction of sp³-hybridized carbons (Fsp3) is 0.333. The van der Waals surface area contributed by atoms with Crippen molar-refractivity contribution < 1.29 is 9.59 Å². The van der Waals surface area contributed by atoms with Gasteiger partial charge in [0.05, 0.1) is 0 Å². The van der Waals surface area contributed by atoms with Crippen molar-refractivity contribution in [3.63, 3.8) is 0 Å². The van der Waals surface area contributed by atoms with Crippen LogP contribution in [0, 0.1) is 0 Å². The van der Waals surface area contributed by atoms with Crippen LogP contribution in [0.5, 0.6) is 0 Å². The lowest BCUT2D eigenvalue weighted by molar-refractivity contribution is -0.132. The molecule has 1 unspecified atom stereocenters. The maximum absolute atomic E-state index is 12.4. The maximum Gasteiger partial charge on any atom is 0.223 e. The van der Waals surface area contributed by atoms with E-state index < -0.39 is 0 Å². The zero-order valence-corrected chi connectivity index (χ0v) is 14.6. The van der Waals surface area contributed by atoms with Crippen molar-refractivity contribution >= 4 is 11.7 Å². The number of Topliss-reactive ketones (excluding diaryl/α,β-unsaturated/α-hetero) is 1. The third-order valence-corrected chi connectivity index (χ3v) is 4.60. The summed E-state index contributed by atoms with van der Waals surface area (Å²) >= 11 is 0. The van der Waals surface area contributed by atoms with Crippen LogP contribution in [0.25, 0.3) is 11.1 Å². The Bertz CT molecular complexity index is 725. The zero-order chi connectivity index (χ0) is 17.6. The van der Waals surface area contributed by atoms with Crippen LogP contribution in [0.2, 0.25) is 0 Å². The molecule has 0 spiro atoms. The lowest BCUT2D eigenvalue weighted by Gasteiger charge is -2.31. The number of benzene rings is 2. The molecule has 0 radical (unpaired) electrons. The van der Waals surface area contributed by atoms with Crippen molar-refractivity contribution in [2.45, 2.75) is 25.8 Å². The summed E-state index contributed by atoms with van der Waals surface area (Å²) in [5.41, 5.74) is 2.88. The van der Waals surface area contributed by atoms with Crippen LogP contribution < -0.4 is 5.32 Å². The van der Waals surface area contributed by atoms with Gasteiger partial charge >= 0.3 is 0 Å². The summed E-state index contributed by atoms with van der Waals surface area (Å²) in [4.78, 5) is 26.5. The summed E-state index contributed by atoms with van der Waals surface area (Å²) in [7, 11) is 0. The number of hydrogen-bond donors (Lipinski definition) is 1. The molecular formula is C21H24N2O2. The topological polar surface area (TPSA) is 49.4 Å². The van der Waals surface area contributed by atoms with Crippen molar-refractivity contribution in [3.05, 3.63) is 60.2 Å². The molecule has 1 atom stereocenters. The predicted molar refractivity (Wildman–Crippen MR) is 99.5 cm³/mol. The fourth-order valence-corrected chi connectivity index (χ4v) is 3.16. The minimum absolute atomic E-state index is 0.0242. The first-order valence-corrected chi connectivity index (χ1v) is 8.83. The molecule has 0 aliphatic carbocycles. The molecular weight excluding hydrogens is 312 g/mol. The third kappa shape index (κ3) is 4.54. The molecule has 3 rings (SSSR count). The van der Waals surface area contributed by atoms with Gasteiger partial charge in [0.1, 0.15) is 0 Å². The van der Waals surface area contributed by atoms with Crippen molar-refractivity contribution in [3.8, 4) is 11.1 Å². The Morgan fingerprint density at radius 2 is 1.68 bits per heavy atom. The van der Waals surface area contributed by atoms with Gasteiger partial charge in [0.2, 0.25) is 5.91 Å². The average molecular weight is 336 g/mol.